The Balaban J connectivity index is 1.39. The van der Waals surface area contributed by atoms with Crippen LogP contribution in [0.4, 0.5) is 17.1 Å². The molecule has 3 aliphatic carbocycles. The number of benzene rings is 3. The minimum atomic E-state index is -2.79. The van der Waals surface area contributed by atoms with Gasteiger partial charge in [0.25, 0.3) is 0 Å². The van der Waals surface area contributed by atoms with Crippen LogP contribution in [0.2, 0.25) is 0 Å². The lowest BCUT2D eigenvalue weighted by molar-refractivity contribution is -0.181. The van der Waals surface area contributed by atoms with Gasteiger partial charge in [0, 0.05) is 36.8 Å². The monoisotopic (exact) mass is 657 g/mol. The minimum Gasteiger partial charge on any atom is -0.505 e. The number of phenols is 1. The van der Waals surface area contributed by atoms with Crippen molar-refractivity contribution in [2.45, 2.75) is 24.5 Å². The van der Waals surface area contributed by atoms with Crippen LogP contribution in [0.1, 0.15) is 22.3 Å². The number of aromatic hydroxyl groups is 1. The average Bonchev–Trinajstić information content (AvgIpc) is 3.00. The molecule has 0 spiro atoms. The van der Waals surface area contributed by atoms with Gasteiger partial charge in [-0.1, -0.05) is 36.4 Å². The highest BCUT2D eigenvalue weighted by Crippen LogP contribution is 2.52. The molecule has 3 aliphatic rings. The standard InChI is InChI=1S/C34H35N5O7S/c1-38(2)22-14-21(37-33(47)36-20-11-7-9-15-8-5-6-10-17(15)20)27(40)24-18(22)12-16-13-19-26(39(3)4)29(42)25(32(35)45)31(44)34(19,46)30(43)23(16)28(24)41/h5-11,14,16,19,23,25-26,40,46H,12-13H2,1-4H3,(H2,35,45)(H2,36,37,47)/t16-,19-,23?,25?,26-,34-/m1/s1. The molecule has 0 bridgehead atoms. The van der Waals surface area contributed by atoms with Crippen LogP contribution in [0, 0.1) is 23.7 Å². The summed E-state index contributed by atoms with van der Waals surface area (Å²) in [6, 6.07) is 13.9. The summed E-state index contributed by atoms with van der Waals surface area (Å²) in [5.41, 5.74) is 4.39. The molecule has 0 radical (unpaired) electrons. The molecule has 3 aromatic carbocycles. The third-order valence-electron chi connectivity index (χ3n) is 9.81. The minimum absolute atomic E-state index is 0.0312. The van der Waals surface area contributed by atoms with Gasteiger partial charge in [0.2, 0.25) is 5.91 Å². The highest BCUT2D eigenvalue weighted by atomic mass is 32.1. The number of hydrogen-bond donors (Lipinski definition) is 5. The van der Waals surface area contributed by atoms with Gasteiger partial charge in [-0.05, 0) is 68.2 Å². The summed E-state index contributed by atoms with van der Waals surface area (Å²) >= 11 is 5.58. The smallest absolute Gasteiger partial charge is 0.235 e. The molecule has 244 valence electrons. The van der Waals surface area contributed by atoms with Crippen LogP contribution in [0.25, 0.3) is 10.8 Å². The first-order valence-electron chi connectivity index (χ1n) is 15.1. The molecule has 6 N–H and O–H groups in total. The number of nitrogens with two attached hydrogens (primary N) is 1. The molecule has 6 rings (SSSR count). The fourth-order valence-electron chi connectivity index (χ4n) is 7.76. The van der Waals surface area contributed by atoms with Gasteiger partial charge in [-0.3, -0.25) is 28.9 Å². The predicted octanol–water partition coefficient (Wildman–Crippen LogP) is 1.90. The Morgan fingerprint density at radius 2 is 1.64 bits per heavy atom. The number of anilines is 3. The molecule has 0 aromatic heterocycles. The number of ketones is 4. The summed E-state index contributed by atoms with van der Waals surface area (Å²) in [7, 11) is 6.64. The number of hydrogen-bond acceptors (Lipinski definition) is 10. The zero-order valence-electron chi connectivity index (χ0n) is 26.2. The maximum atomic E-state index is 14.3. The number of aliphatic hydroxyl groups is 1. The second kappa shape index (κ2) is 11.5. The summed E-state index contributed by atoms with van der Waals surface area (Å²) in [5, 5.41) is 31.6. The van der Waals surface area contributed by atoms with E-state index in [2.05, 4.69) is 10.6 Å². The second-order valence-corrected chi connectivity index (χ2v) is 13.3. The van der Waals surface area contributed by atoms with E-state index in [0.717, 1.165) is 16.5 Å². The topological polar surface area (TPSA) is 182 Å². The highest BCUT2D eigenvalue weighted by molar-refractivity contribution is 7.80. The number of primary amides is 1. The third kappa shape index (κ3) is 4.88. The number of Topliss-reactive ketones (excluding diaryl/α,β-unsaturated/α-hetero) is 4. The molecule has 0 heterocycles. The molecule has 3 aromatic rings. The number of phenolic OH excluding ortho intramolecular Hbond substituents is 1. The van der Waals surface area contributed by atoms with Crippen molar-refractivity contribution in [2.24, 2.45) is 29.4 Å². The summed E-state index contributed by atoms with van der Waals surface area (Å²) < 4.78 is 0. The van der Waals surface area contributed by atoms with Crippen molar-refractivity contribution in [1.29, 1.82) is 0 Å². The molecular weight excluding hydrogens is 622 g/mol. The Hall–Kier alpha value is -4.72. The van der Waals surface area contributed by atoms with Crippen LogP contribution in [-0.2, 0) is 25.6 Å². The van der Waals surface area contributed by atoms with Crippen molar-refractivity contribution in [3.8, 4) is 5.75 Å². The molecule has 13 heteroatoms. The summed E-state index contributed by atoms with van der Waals surface area (Å²) in [6.45, 7) is 0. The van der Waals surface area contributed by atoms with E-state index in [1.807, 2.05) is 42.5 Å². The number of fused-ring (bicyclic) bond motifs is 4. The van der Waals surface area contributed by atoms with Gasteiger partial charge >= 0.3 is 0 Å². The summed E-state index contributed by atoms with van der Waals surface area (Å²) in [6.07, 6.45) is 0.114. The van der Waals surface area contributed by atoms with Gasteiger partial charge in [0.15, 0.2) is 39.8 Å². The second-order valence-electron chi connectivity index (χ2n) is 12.9. The van der Waals surface area contributed by atoms with Gasteiger partial charge in [0.1, 0.15) is 5.75 Å². The van der Waals surface area contributed by atoms with Crippen molar-refractivity contribution < 1.29 is 34.2 Å². The SMILES string of the molecule is CN(C)c1cc(NC(=S)Nc2cccc3ccccc23)c(O)c2c1C[C@@H]1C[C@@H]3[C@@H](N(C)C)C(=O)C(C(N)=O)C(=O)[C@]3(O)C(=O)C1C2=O. The normalized spacial score (nSPS) is 26.8. The molecule has 47 heavy (non-hydrogen) atoms. The van der Waals surface area contributed by atoms with E-state index in [1.165, 1.54) is 4.90 Å². The number of nitrogens with one attached hydrogen (secondary N) is 2. The van der Waals surface area contributed by atoms with Crippen molar-refractivity contribution in [2.75, 3.05) is 43.7 Å². The third-order valence-corrected chi connectivity index (χ3v) is 10.0. The maximum Gasteiger partial charge on any atom is 0.235 e. The molecule has 6 atom stereocenters. The van der Waals surface area contributed by atoms with Crippen LogP contribution in [0.15, 0.2) is 48.5 Å². The number of likely N-dealkylation sites (N-methyl/N-ethyl adjacent to an activating group) is 1. The molecule has 1 amide bonds. The van der Waals surface area contributed by atoms with Crippen LogP contribution < -0.4 is 21.3 Å². The Bertz CT molecular complexity index is 1900. The summed E-state index contributed by atoms with van der Waals surface area (Å²) in [5.74, 6) is -11.1. The number of thiocarbonyl (C=S) groups is 1. The average molecular weight is 658 g/mol. The van der Waals surface area contributed by atoms with Crippen LogP contribution in [0.5, 0.6) is 5.75 Å². The lowest BCUT2D eigenvalue weighted by atomic mass is 9.52. The highest BCUT2D eigenvalue weighted by Gasteiger charge is 2.69. The molecule has 0 aliphatic heterocycles. The quantitative estimate of drug-likeness (QED) is 0.153. The number of amides is 1. The lowest BCUT2D eigenvalue weighted by Crippen LogP contribution is -2.74. The van der Waals surface area contributed by atoms with Gasteiger partial charge < -0.3 is 31.5 Å². The Morgan fingerprint density at radius 1 is 0.979 bits per heavy atom. The van der Waals surface area contributed by atoms with E-state index >= 15 is 0 Å². The number of rotatable bonds is 5. The zero-order valence-corrected chi connectivity index (χ0v) is 27.1. The first kappa shape index (κ1) is 32.2. The Kier molecular flexibility index (Phi) is 7.89. The molecule has 2 fully saturated rings. The van der Waals surface area contributed by atoms with Crippen LogP contribution >= 0.6 is 12.2 Å². The Morgan fingerprint density at radius 3 is 2.30 bits per heavy atom. The van der Waals surface area contributed by atoms with Crippen molar-refractivity contribution in [3.63, 3.8) is 0 Å². The van der Waals surface area contributed by atoms with E-state index in [4.69, 9.17) is 18.0 Å². The number of nitrogens with zero attached hydrogens (tertiary/aromatic N) is 2. The van der Waals surface area contributed by atoms with Gasteiger partial charge in [-0.25, -0.2) is 0 Å². The Labute approximate surface area is 275 Å². The predicted molar refractivity (Wildman–Crippen MR) is 179 cm³/mol. The largest absolute Gasteiger partial charge is 0.505 e. The fourth-order valence-corrected chi connectivity index (χ4v) is 7.98. The zero-order chi connectivity index (χ0) is 34.1. The van der Waals surface area contributed by atoms with Crippen LogP contribution in [-0.4, -0.2) is 89.1 Å². The van der Waals surface area contributed by atoms with E-state index in [-0.39, 0.29) is 29.2 Å². The summed E-state index contributed by atoms with van der Waals surface area (Å²) in [4.78, 5) is 70.8. The van der Waals surface area contributed by atoms with Gasteiger partial charge in [-0.15, -0.1) is 0 Å². The van der Waals surface area contributed by atoms with E-state index in [9.17, 15) is 34.2 Å². The number of carbonyl (C=O) groups is 5. The molecular formula is C34H35N5O7S. The van der Waals surface area contributed by atoms with Crippen molar-refractivity contribution >= 4 is 74.2 Å². The number of carbonyl (C=O) groups excluding carboxylic acids is 5. The van der Waals surface area contributed by atoms with Crippen molar-refractivity contribution in [3.05, 3.63) is 59.7 Å². The lowest BCUT2D eigenvalue weighted by Gasteiger charge is -2.52. The molecule has 2 unspecified atom stereocenters. The molecule has 0 saturated heterocycles. The van der Waals surface area contributed by atoms with Crippen molar-refractivity contribution in [1.82, 2.24) is 4.90 Å². The van der Waals surface area contributed by atoms with Crippen LogP contribution in [0.3, 0.4) is 0 Å². The first-order chi connectivity index (χ1) is 22.2. The van der Waals surface area contributed by atoms with E-state index < -0.39 is 70.1 Å². The van der Waals surface area contributed by atoms with Gasteiger partial charge in [0.05, 0.1) is 23.2 Å². The first-order valence-corrected chi connectivity index (χ1v) is 15.6. The maximum absolute atomic E-state index is 14.3. The molecule has 12 nitrogen and oxygen atoms in total. The van der Waals surface area contributed by atoms with E-state index in [1.54, 1.807) is 39.2 Å². The van der Waals surface area contributed by atoms with Gasteiger partial charge in [-0.2, -0.15) is 0 Å². The molecule has 2 saturated carbocycles. The van der Waals surface area contributed by atoms with E-state index in [0.29, 0.717) is 11.3 Å². The fraction of sp³-hybridized carbons (Fsp3) is 0.353.